The van der Waals surface area contributed by atoms with Crippen molar-refractivity contribution in [3.05, 3.63) is 176 Å². The van der Waals surface area contributed by atoms with Crippen LogP contribution in [-0.4, -0.2) is 8.80 Å². The SMILES string of the molecule is c1ccc(N(c2ccccc2)c2c3ccccc3cc3c4cccc5c6cc7c(cc6n(c23)c54)c2cccc3c4c5ccccc5ccc4n7c23)cc1. The van der Waals surface area contributed by atoms with E-state index in [0.717, 1.165) is 11.4 Å². The molecule has 0 saturated heterocycles. The van der Waals surface area contributed by atoms with E-state index in [-0.39, 0.29) is 0 Å². The molecule has 0 aliphatic rings. The van der Waals surface area contributed by atoms with Gasteiger partial charge in [-0.2, -0.15) is 0 Å². The predicted molar refractivity (Wildman–Crippen MR) is 225 cm³/mol. The van der Waals surface area contributed by atoms with E-state index in [1.807, 2.05) is 0 Å². The molecule has 0 bridgehead atoms. The maximum atomic E-state index is 2.58. The molecule has 0 N–H and O–H groups in total. The first kappa shape index (κ1) is 27.6. The molecule has 4 aromatic heterocycles. The normalized spacial score (nSPS) is 12.5. The summed E-state index contributed by atoms with van der Waals surface area (Å²) in [6.45, 7) is 0. The molecule has 3 heteroatoms. The van der Waals surface area contributed by atoms with Gasteiger partial charge >= 0.3 is 0 Å². The van der Waals surface area contributed by atoms with Crippen molar-refractivity contribution in [3.63, 3.8) is 0 Å². The maximum Gasteiger partial charge on any atom is 0.0789 e. The average molecular weight is 672 g/mol. The Kier molecular flexibility index (Phi) is 5.11. The summed E-state index contributed by atoms with van der Waals surface area (Å²) < 4.78 is 5.11. The molecule has 3 nitrogen and oxygen atoms in total. The van der Waals surface area contributed by atoms with Gasteiger partial charge in [0.25, 0.3) is 0 Å². The molecule has 0 aliphatic carbocycles. The van der Waals surface area contributed by atoms with Gasteiger partial charge in [0.2, 0.25) is 0 Å². The molecule has 13 aromatic rings. The summed E-state index contributed by atoms with van der Waals surface area (Å²) in [4.78, 5) is 2.46. The second kappa shape index (κ2) is 9.81. The van der Waals surface area contributed by atoms with Gasteiger partial charge in [-0.15, -0.1) is 0 Å². The fraction of sp³-hybridized carbons (Fsp3) is 0. The van der Waals surface area contributed by atoms with Gasteiger partial charge in [-0.3, -0.25) is 0 Å². The minimum atomic E-state index is 1.13. The Hall–Kier alpha value is -7.10. The number of rotatable bonds is 3. The average Bonchev–Trinajstić information content (AvgIpc) is 3.94. The van der Waals surface area contributed by atoms with Crippen molar-refractivity contribution in [2.75, 3.05) is 4.90 Å². The van der Waals surface area contributed by atoms with Crippen LogP contribution in [0.5, 0.6) is 0 Å². The Morgan fingerprint density at radius 1 is 0.302 bits per heavy atom. The first-order chi connectivity index (χ1) is 26.3. The summed E-state index contributed by atoms with van der Waals surface area (Å²) in [6, 6.07) is 65.0. The highest BCUT2D eigenvalue weighted by Crippen LogP contribution is 2.50. The summed E-state index contributed by atoms with van der Waals surface area (Å²) in [6.07, 6.45) is 0. The first-order valence-electron chi connectivity index (χ1n) is 18.4. The number of nitrogens with zero attached hydrogens (tertiary/aromatic N) is 3. The number of para-hydroxylation sites is 4. The molecule has 0 aliphatic heterocycles. The highest BCUT2D eigenvalue weighted by Gasteiger charge is 2.27. The van der Waals surface area contributed by atoms with Crippen molar-refractivity contribution in [3.8, 4) is 0 Å². The van der Waals surface area contributed by atoms with Crippen LogP contribution in [0.3, 0.4) is 0 Å². The largest absolute Gasteiger partial charge is 0.308 e. The van der Waals surface area contributed by atoms with Crippen molar-refractivity contribution in [1.29, 1.82) is 0 Å². The number of benzene rings is 9. The van der Waals surface area contributed by atoms with E-state index in [1.165, 1.54) is 103 Å². The van der Waals surface area contributed by atoms with Crippen molar-refractivity contribution in [2.24, 2.45) is 0 Å². The Morgan fingerprint density at radius 3 is 1.53 bits per heavy atom. The second-order valence-electron chi connectivity index (χ2n) is 14.5. The Labute approximate surface area is 303 Å². The lowest BCUT2D eigenvalue weighted by Crippen LogP contribution is -2.11. The number of fused-ring (bicyclic) bond motifs is 15. The maximum absolute atomic E-state index is 2.58. The molecule has 0 radical (unpaired) electrons. The lowest BCUT2D eigenvalue weighted by Gasteiger charge is -2.28. The molecule has 0 fully saturated rings. The summed E-state index contributed by atoms with van der Waals surface area (Å²) in [5.41, 5.74) is 11.0. The van der Waals surface area contributed by atoms with E-state index in [0.29, 0.717) is 0 Å². The van der Waals surface area contributed by atoms with Gasteiger partial charge in [0, 0.05) is 59.9 Å². The van der Waals surface area contributed by atoms with Crippen LogP contribution in [0.1, 0.15) is 0 Å². The van der Waals surface area contributed by atoms with Gasteiger partial charge in [-0.1, -0.05) is 127 Å². The molecule has 9 aromatic carbocycles. The zero-order chi connectivity index (χ0) is 34.4. The minimum Gasteiger partial charge on any atom is -0.308 e. The number of aromatic nitrogens is 2. The van der Waals surface area contributed by atoms with Crippen molar-refractivity contribution >= 4 is 115 Å². The smallest absolute Gasteiger partial charge is 0.0789 e. The molecular formula is C50H29N3. The third-order valence-corrected chi connectivity index (χ3v) is 11.9. The lowest BCUT2D eigenvalue weighted by molar-refractivity contribution is 1.28. The van der Waals surface area contributed by atoms with Crippen molar-refractivity contribution in [2.45, 2.75) is 0 Å². The molecule has 0 saturated carbocycles. The Bertz CT molecular complexity index is 3570. The number of hydrogen-bond donors (Lipinski definition) is 0. The topological polar surface area (TPSA) is 12.1 Å². The third kappa shape index (κ3) is 3.40. The highest BCUT2D eigenvalue weighted by molar-refractivity contribution is 6.33. The van der Waals surface area contributed by atoms with Gasteiger partial charge in [0.05, 0.1) is 38.8 Å². The fourth-order valence-electron chi connectivity index (χ4n) is 9.79. The van der Waals surface area contributed by atoms with Crippen LogP contribution in [0.4, 0.5) is 17.1 Å². The quantitative estimate of drug-likeness (QED) is 0.182. The molecule has 0 amide bonds. The highest BCUT2D eigenvalue weighted by atomic mass is 15.2. The van der Waals surface area contributed by atoms with Gasteiger partial charge in [0.15, 0.2) is 0 Å². The van der Waals surface area contributed by atoms with Crippen LogP contribution >= 0.6 is 0 Å². The summed E-state index contributed by atoms with van der Waals surface area (Å²) in [7, 11) is 0. The predicted octanol–water partition coefficient (Wildman–Crippen LogP) is 13.8. The van der Waals surface area contributed by atoms with E-state index < -0.39 is 0 Å². The van der Waals surface area contributed by atoms with Gasteiger partial charge in [-0.05, 0) is 64.7 Å². The zero-order valence-corrected chi connectivity index (χ0v) is 28.6. The van der Waals surface area contributed by atoms with Crippen molar-refractivity contribution < 1.29 is 0 Å². The van der Waals surface area contributed by atoms with Crippen LogP contribution in [0.2, 0.25) is 0 Å². The van der Waals surface area contributed by atoms with Crippen molar-refractivity contribution in [1.82, 2.24) is 8.80 Å². The van der Waals surface area contributed by atoms with Crippen LogP contribution in [0, 0.1) is 0 Å². The van der Waals surface area contributed by atoms with Gasteiger partial charge in [0.1, 0.15) is 0 Å². The van der Waals surface area contributed by atoms with Crippen LogP contribution in [0.25, 0.3) is 97.7 Å². The van der Waals surface area contributed by atoms with E-state index in [9.17, 15) is 0 Å². The summed E-state index contributed by atoms with van der Waals surface area (Å²) in [5, 5.41) is 15.4. The molecule has 244 valence electrons. The standard InChI is InChI=1S/C50H29N3/c1-3-15-32(16-4-1)51(33-17-5-2-6-18-33)49-35-20-10-8-14-31(35)27-42-38-23-11-21-36-41-28-44-40(29-45(41)53(47(36)38)50(42)49)37-22-12-24-39-46-34-19-9-7-13-30(34)25-26-43(46)52(44)48(37)39/h1-29H. The number of anilines is 3. The van der Waals surface area contributed by atoms with Gasteiger partial charge in [-0.25, -0.2) is 0 Å². The molecular weight excluding hydrogens is 643 g/mol. The minimum absolute atomic E-state index is 1.13. The monoisotopic (exact) mass is 671 g/mol. The summed E-state index contributed by atoms with van der Waals surface area (Å²) in [5.74, 6) is 0. The van der Waals surface area contributed by atoms with E-state index >= 15 is 0 Å². The molecule has 0 spiro atoms. The number of hydrogen-bond acceptors (Lipinski definition) is 1. The Balaban J connectivity index is 1.24. The lowest BCUT2D eigenvalue weighted by atomic mass is 10.00. The van der Waals surface area contributed by atoms with Gasteiger partial charge < -0.3 is 13.7 Å². The molecule has 13 rings (SSSR count). The third-order valence-electron chi connectivity index (χ3n) is 11.9. The van der Waals surface area contributed by atoms with E-state index in [4.69, 9.17) is 0 Å². The first-order valence-corrected chi connectivity index (χ1v) is 18.4. The molecule has 4 heterocycles. The fourth-order valence-corrected chi connectivity index (χ4v) is 9.79. The van der Waals surface area contributed by atoms with E-state index in [1.54, 1.807) is 0 Å². The van der Waals surface area contributed by atoms with Crippen LogP contribution in [0.15, 0.2) is 176 Å². The molecule has 0 unspecified atom stereocenters. The molecule has 53 heavy (non-hydrogen) atoms. The molecule has 0 atom stereocenters. The zero-order valence-electron chi connectivity index (χ0n) is 28.6. The van der Waals surface area contributed by atoms with Crippen LogP contribution < -0.4 is 4.90 Å². The second-order valence-corrected chi connectivity index (χ2v) is 14.5. The Morgan fingerprint density at radius 2 is 0.830 bits per heavy atom. The van der Waals surface area contributed by atoms with E-state index in [2.05, 4.69) is 190 Å². The van der Waals surface area contributed by atoms with Crippen LogP contribution in [-0.2, 0) is 0 Å². The summed E-state index contributed by atoms with van der Waals surface area (Å²) >= 11 is 0.